The maximum atomic E-state index is 10.4. The van der Waals surface area contributed by atoms with Crippen molar-refractivity contribution in [2.75, 3.05) is 5.75 Å². The highest BCUT2D eigenvalue weighted by molar-refractivity contribution is 8.02. The van der Waals surface area contributed by atoms with Gasteiger partial charge >= 0.3 is 5.97 Å². The Bertz CT molecular complexity index is 605. The molecule has 0 atom stereocenters. The average molecular weight is 286 g/mol. The van der Waals surface area contributed by atoms with E-state index in [1.54, 1.807) is 11.8 Å². The van der Waals surface area contributed by atoms with Gasteiger partial charge in [0, 0.05) is 6.42 Å². The van der Waals surface area contributed by atoms with Crippen LogP contribution in [0.25, 0.3) is 10.8 Å². The molecule has 0 saturated carbocycles. The van der Waals surface area contributed by atoms with Gasteiger partial charge in [-0.15, -0.1) is 11.8 Å². The highest BCUT2D eigenvalue weighted by Gasteiger charge is 1.96. The number of hydrogen-bond donors (Lipinski definition) is 1. The molecule has 0 radical (unpaired) electrons. The van der Waals surface area contributed by atoms with Gasteiger partial charge in [0.2, 0.25) is 0 Å². The van der Waals surface area contributed by atoms with Gasteiger partial charge in [0.25, 0.3) is 0 Å². The van der Waals surface area contributed by atoms with Crippen LogP contribution >= 0.6 is 11.8 Å². The molecule has 0 unspecified atom stereocenters. The number of thioether (sulfide) groups is 1. The molecular weight excluding hydrogens is 268 g/mol. The van der Waals surface area contributed by atoms with Gasteiger partial charge in [-0.25, -0.2) is 0 Å². The largest absolute Gasteiger partial charge is 0.481 e. The SMILES string of the molecule is O=C(O)CCCSC=CCc1ccc2ccccc2c1. The van der Waals surface area contributed by atoms with Crippen LogP contribution in [0.15, 0.2) is 53.9 Å². The minimum Gasteiger partial charge on any atom is -0.481 e. The van der Waals surface area contributed by atoms with Gasteiger partial charge in [0.1, 0.15) is 0 Å². The van der Waals surface area contributed by atoms with Crippen LogP contribution < -0.4 is 0 Å². The zero-order valence-electron chi connectivity index (χ0n) is 11.3. The second-order valence-corrected chi connectivity index (χ2v) is 5.64. The van der Waals surface area contributed by atoms with E-state index in [1.807, 2.05) is 0 Å². The topological polar surface area (TPSA) is 37.3 Å². The number of rotatable bonds is 7. The zero-order chi connectivity index (χ0) is 14.2. The second-order valence-electron chi connectivity index (χ2n) is 4.63. The van der Waals surface area contributed by atoms with Crippen LogP contribution in [0.5, 0.6) is 0 Å². The first-order valence-corrected chi connectivity index (χ1v) is 7.76. The van der Waals surface area contributed by atoms with Crippen LogP contribution in [0.3, 0.4) is 0 Å². The minimum atomic E-state index is -0.717. The Morgan fingerprint density at radius 3 is 2.75 bits per heavy atom. The predicted octanol–water partition coefficient (Wildman–Crippen LogP) is 4.49. The highest BCUT2D eigenvalue weighted by atomic mass is 32.2. The molecule has 0 aliphatic heterocycles. The molecule has 2 rings (SSSR count). The molecule has 0 heterocycles. The van der Waals surface area contributed by atoms with E-state index in [0.29, 0.717) is 0 Å². The molecule has 2 nitrogen and oxygen atoms in total. The van der Waals surface area contributed by atoms with Crippen molar-refractivity contribution in [3.63, 3.8) is 0 Å². The Morgan fingerprint density at radius 1 is 1.15 bits per heavy atom. The van der Waals surface area contributed by atoms with Gasteiger partial charge < -0.3 is 5.11 Å². The average Bonchev–Trinajstić information content (AvgIpc) is 2.46. The number of carboxylic acids is 1. The molecule has 0 aliphatic carbocycles. The summed E-state index contributed by atoms with van der Waals surface area (Å²) in [6.45, 7) is 0. The summed E-state index contributed by atoms with van der Waals surface area (Å²) in [4.78, 5) is 10.4. The summed E-state index contributed by atoms with van der Waals surface area (Å²) in [6.07, 6.45) is 4.03. The monoisotopic (exact) mass is 286 g/mol. The summed E-state index contributed by atoms with van der Waals surface area (Å²) in [6, 6.07) is 14.9. The lowest BCUT2D eigenvalue weighted by atomic mass is 10.1. The first kappa shape index (κ1) is 14.7. The maximum Gasteiger partial charge on any atom is 0.303 e. The van der Waals surface area contributed by atoms with Crippen LogP contribution in [-0.2, 0) is 11.2 Å². The summed E-state index contributed by atoms with van der Waals surface area (Å²) in [5.74, 6) is 0.145. The molecule has 1 N–H and O–H groups in total. The lowest BCUT2D eigenvalue weighted by Crippen LogP contribution is -1.94. The fourth-order valence-corrected chi connectivity index (χ4v) is 2.67. The summed E-state index contributed by atoms with van der Waals surface area (Å²) in [5.41, 5.74) is 1.30. The Labute approximate surface area is 123 Å². The molecule has 0 amide bonds. The number of carboxylic acid groups (broad SMARTS) is 1. The van der Waals surface area contributed by atoms with Crippen molar-refractivity contribution in [3.05, 3.63) is 59.5 Å². The number of aliphatic carboxylic acids is 1. The first-order valence-electron chi connectivity index (χ1n) is 6.72. The Hall–Kier alpha value is -1.74. The van der Waals surface area contributed by atoms with Crippen LogP contribution in [0.1, 0.15) is 18.4 Å². The lowest BCUT2D eigenvalue weighted by Gasteiger charge is -2.01. The molecule has 104 valence electrons. The predicted molar refractivity (Wildman–Crippen MR) is 86.1 cm³/mol. The van der Waals surface area contributed by atoms with Crippen molar-refractivity contribution in [1.29, 1.82) is 0 Å². The van der Waals surface area contributed by atoms with Crippen molar-refractivity contribution in [3.8, 4) is 0 Å². The van der Waals surface area contributed by atoms with Crippen molar-refractivity contribution in [2.24, 2.45) is 0 Å². The van der Waals surface area contributed by atoms with Crippen LogP contribution in [0, 0.1) is 0 Å². The van der Waals surface area contributed by atoms with E-state index in [4.69, 9.17) is 5.11 Å². The fourth-order valence-electron chi connectivity index (χ4n) is 1.99. The van der Waals surface area contributed by atoms with Crippen LogP contribution in [0.2, 0.25) is 0 Å². The smallest absolute Gasteiger partial charge is 0.303 e. The molecule has 2 aromatic carbocycles. The molecule has 0 aromatic heterocycles. The quantitative estimate of drug-likeness (QED) is 0.762. The third-order valence-electron chi connectivity index (χ3n) is 3.01. The van der Waals surface area contributed by atoms with E-state index in [1.165, 1.54) is 16.3 Å². The molecule has 0 fully saturated rings. The standard InChI is InChI=1S/C17H18O2S/c18-17(19)8-4-12-20-11-3-5-14-9-10-15-6-1-2-7-16(15)13-14/h1-3,6-7,9-11,13H,4-5,8,12H2,(H,18,19). The molecule has 0 spiro atoms. The molecular formula is C17H18O2S. The van der Waals surface area contributed by atoms with Crippen molar-refractivity contribution < 1.29 is 9.90 Å². The van der Waals surface area contributed by atoms with Crippen LogP contribution in [-0.4, -0.2) is 16.8 Å². The summed E-state index contributed by atoms with van der Waals surface area (Å²) in [7, 11) is 0. The van der Waals surface area contributed by atoms with Gasteiger partial charge in [-0.3, -0.25) is 4.79 Å². The summed E-state index contributed by atoms with van der Waals surface area (Å²) < 4.78 is 0. The second kappa shape index (κ2) is 7.75. The van der Waals surface area contributed by atoms with Crippen molar-refractivity contribution >= 4 is 28.5 Å². The Kier molecular flexibility index (Phi) is 5.69. The number of benzene rings is 2. The van der Waals surface area contributed by atoms with E-state index in [-0.39, 0.29) is 6.42 Å². The number of hydrogen-bond acceptors (Lipinski definition) is 2. The minimum absolute atomic E-state index is 0.255. The molecule has 3 heteroatoms. The molecule has 0 saturated heterocycles. The van der Waals surface area contributed by atoms with Crippen molar-refractivity contribution in [1.82, 2.24) is 0 Å². The van der Waals surface area contributed by atoms with E-state index in [0.717, 1.165) is 18.6 Å². The number of carbonyl (C=O) groups is 1. The normalized spacial score (nSPS) is 11.2. The third kappa shape index (κ3) is 4.74. The summed E-state index contributed by atoms with van der Waals surface area (Å²) in [5, 5.41) is 13.1. The molecule has 0 aliphatic rings. The maximum absolute atomic E-state index is 10.4. The van der Waals surface area contributed by atoms with Crippen molar-refractivity contribution in [2.45, 2.75) is 19.3 Å². The fraction of sp³-hybridized carbons (Fsp3) is 0.235. The Balaban J connectivity index is 1.79. The van der Waals surface area contributed by atoms with E-state index < -0.39 is 5.97 Å². The summed E-state index contributed by atoms with van der Waals surface area (Å²) >= 11 is 1.67. The van der Waals surface area contributed by atoms with Crippen LogP contribution in [0.4, 0.5) is 0 Å². The first-order chi connectivity index (χ1) is 9.75. The van der Waals surface area contributed by atoms with E-state index >= 15 is 0 Å². The molecule has 2 aromatic rings. The Morgan fingerprint density at radius 2 is 1.95 bits per heavy atom. The van der Waals surface area contributed by atoms with E-state index in [9.17, 15) is 4.79 Å². The van der Waals surface area contributed by atoms with Gasteiger partial charge in [0.05, 0.1) is 0 Å². The van der Waals surface area contributed by atoms with Gasteiger partial charge in [0.15, 0.2) is 0 Å². The third-order valence-corrected chi connectivity index (χ3v) is 3.92. The zero-order valence-corrected chi connectivity index (χ0v) is 12.1. The van der Waals surface area contributed by atoms with E-state index in [2.05, 4.69) is 53.9 Å². The number of allylic oxidation sites excluding steroid dienone is 1. The lowest BCUT2D eigenvalue weighted by molar-refractivity contribution is -0.137. The molecule has 20 heavy (non-hydrogen) atoms. The highest BCUT2D eigenvalue weighted by Crippen LogP contribution is 2.16. The van der Waals surface area contributed by atoms with Gasteiger partial charge in [-0.1, -0.05) is 48.5 Å². The number of fused-ring (bicyclic) bond motifs is 1. The van der Waals surface area contributed by atoms with Gasteiger partial charge in [-0.05, 0) is 40.3 Å². The van der Waals surface area contributed by atoms with Gasteiger partial charge in [-0.2, -0.15) is 0 Å². The molecule has 0 bridgehead atoms.